The third kappa shape index (κ3) is 6.75. The molecule has 2 aliphatic rings. The average Bonchev–Trinajstić information content (AvgIpc) is 2.88. The molecule has 1 saturated carbocycles. The van der Waals surface area contributed by atoms with Crippen molar-refractivity contribution in [3.63, 3.8) is 0 Å². The molecule has 0 radical (unpaired) electrons. The van der Waals surface area contributed by atoms with Crippen molar-refractivity contribution in [2.24, 2.45) is 0 Å². The zero-order valence-electron chi connectivity index (χ0n) is 22.2. The molecule has 204 valence electrons. The second-order valence-corrected chi connectivity index (χ2v) is 12.0. The van der Waals surface area contributed by atoms with E-state index in [0.717, 1.165) is 57.2 Å². The lowest BCUT2D eigenvalue weighted by Crippen LogP contribution is -2.46. The number of halogens is 1. The Morgan fingerprint density at radius 1 is 0.892 bits per heavy atom. The molecule has 1 N–H and O–H groups in total. The van der Waals surface area contributed by atoms with Crippen LogP contribution in [-0.2, 0) is 10.0 Å². The highest BCUT2D eigenvalue weighted by Crippen LogP contribution is 2.37. The topological polar surface area (TPSA) is 77.1 Å². The lowest BCUT2D eigenvalue weighted by molar-refractivity contribution is 0.115. The Bertz CT molecular complexity index is 1160. The highest BCUT2D eigenvalue weighted by atomic mass is 32.2. The number of hydrogen-bond donors (Lipinski definition) is 1. The van der Waals surface area contributed by atoms with E-state index in [4.69, 9.17) is 14.2 Å². The lowest BCUT2D eigenvalue weighted by Gasteiger charge is -2.41. The zero-order chi connectivity index (χ0) is 26.6. The molecule has 0 bridgehead atoms. The van der Waals surface area contributed by atoms with Crippen LogP contribution in [0.3, 0.4) is 0 Å². The van der Waals surface area contributed by atoms with Gasteiger partial charge in [0.1, 0.15) is 11.6 Å². The van der Waals surface area contributed by atoms with Crippen LogP contribution in [0.2, 0.25) is 0 Å². The number of hydrogen-bond acceptors (Lipinski definition) is 6. The first-order valence-electron chi connectivity index (χ1n) is 13.1. The van der Waals surface area contributed by atoms with Crippen molar-refractivity contribution in [2.45, 2.75) is 81.4 Å². The fourth-order valence-corrected chi connectivity index (χ4v) is 6.93. The highest BCUT2D eigenvalue weighted by molar-refractivity contribution is 7.89. The average molecular weight is 535 g/mol. The van der Waals surface area contributed by atoms with Crippen molar-refractivity contribution in [2.75, 3.05) is 27.3 Å². The summed E-state index contributed by atoms with van der Waals surface area (Å²) in [5.41, 5.74) is 1.10. The lowest BCUT2D eigenvalue weighted by atomic mass is 9.85. The van der Waals surface area contributed by atoms with Gasteiger partial charge in [-0.15, -0.1) is 0 Å². The predicted octanol–water partition coefficient (Wildman–Crippen LogP) is 5.10. The van der Waals surface area contributed by atoms with E-state index in [0.29, 0.717) is 29.2 Å². The molecule has 1 aliphatic heterocycles. The Kier molecular flexibility index (Phi) is 8.98. The highest BCUT2D eigenvalue weighted by Gasteiger charge is 2.32. The van der Waals surface area contributed by atoms with Crippen molar-refractivity contribution in [3.05, 3.63) is 47.8 Å². The number of piperidine rings is 1. The van der Waals surface area contributed by atoms with Gasteiger partial charge in [-0.3, -0.25) is 0 Å². The maximum Gasteiger partial charge on any atom is 0.240 e. The van der Waals surface area contributed by atoms with Gasteiger partial charge in [-0.2, -0.15) is 0 Å². The number of methoxy groups -OCH3 is 2. The minimum Gasteiger partial charge on any atom is -0.493 e. The maximum absolute atomic E-state index is 13.8. The number of ether oxygens (including phenoxy) is 3. The molecule has 4 rings (SSSR count). The standard InChI is InChI=1S/C28H39FN2O5S/c1-19(2)36-27-17-21(29)5-11-25(27)20-13-15-31(16-14-20)23-8-6-22(7-9-23)30-37(32,33)24-10-12-26(34-3)28(18-24)35-4/h5,10-12,17-20,22-23,30H,6-9,13-16H2,1-4H3/t22-,23+. The summed E-state index contributed by atoms with van der Waals surface area (Å²) >= 11 is 0. The minimum absolute atomic E-state index is 0.00000339. The Hall–Kier alpha value is -2.36. The number of nitrogens with one attached hydrogen (secondary N) is 1. The molecular formula is C28H39FN2O5S. The summed E-state index contributed by atoms with van der Waals surface area (Å²) in [6.45, 7) is 5.88. The second-order valence-electron chi connectivity index (χ2n) is 10.3. The number of benzene rings is 2. The van der Waals surface area contributed by atoms with Crippen LogP contribution >= 0.6 is 0 Å². The fraction of sp³-hybridized carbons (Fsp3) is 0.571. The van der Waals surface area contributed by atoms with E-state index in [1.165, 1.54) is 38.5 Å². The van der Waals surface area contributed by atoms with Crippen LogP contribution in [0.15, 0.2) is 41.3 Å². The van der Waals surface area contributed by atoms with Crippen LogP contribution < -0.4 is 18.9 Å². The summed E-state index contributed by atoms with van der Waals surface area (Å²) < 4.78 is 59.1. The Morgan fingerprint density at radius 3 is 2.19 bits per heavy atom. The van der Waals surface area contributed by atoms with E-state index in [-0.39, 0.29) is 22.9 Å². The van der Waals surface area contributed by atoms with Gasteiger partial charge in [0.2, 0.25) is 10.0 Å². The molecule has 2 aromatic carbocycles. The molecule has 1 aliphatic carbocycles. The zero-order valence-corrected chi connectivity index (χ0v) is 23.0. The second kappa shape index (κ2) is 12.0. The normalized spacial score (nSPS) is 21.7. The molecule has 2 aromatic rings. The molecule has 0 atom stereocenters. The van der Waals surface area contributed by atoms with Crippen LogP contribution in [0.1, 0.15) is 63.9 Å². The van der Waals surface area contributed by atoms with Gasteiger partial charge >= 0.3 is 0 Å². The number of sulfonamides is 1. The van der Waals surface area contributed by atoms with E-state index >= 15 is 0 Å². The van der Waals surface area contributed by atoms with Crippen molar-refractivity contribution in [1.82, 2.24) is 9.62 Å². The molecule has 9 heteroatoms. The van der Waals surface area contributed by atoms with E-state index < -0.39 is 10.0 Å². The van der Waals surface area contributed by atoms with Gasteiger partial charge in [0, 0.05) is 24.2 Å². The van der Waals surface area contributed by atoms with Gasteiger partial charge in [-0.1, -0.05) is 6.07 Å². The van der Waals surface area contributed by atoms with Crippen LogP contribution in [0.25, 0.3) is 0 Å². The van der Waals surface area contributed by atoms with Crippen molar-refractivity contribution in [3.8, 4) is 17.2 Å². The fourth-order valence-electron chi connectivity index (χ4n) is 5.61. The van der Waals surface area contributed by atoms with Crippen molar-refractivity contribution in [1.29, 1.82) is 0 Å². The van der Waals surface area contributed by atoms with E-state index in [1.54, 1.807) is 6.07 Å². The third-order valence-electron chi connectivity index (χ3n) is 7.51. The number of nitrogens with zero attached hydrogens (tertiary/aromatic N) is 1. The minimum atomic E-state index is -3.65. The molecular weight excluding hydrogens is 495 g/mol. The Morgan fingerprint density at radius 2 is 1.57 bits per heavy atom. The smallest absolute Gasteiger partial charge is 0.240 e. The van der Waals surface area contributed by atoms with Crippen LogP contribution in [0.5, 0.6) is 17.2 Å². The Balaban J connectivity index is 1.30. The number of likely N-dealkylation sites (tertiary alicyclic amines) is 1. The summed E-state index contributed by atoms with van der Waals surface area (Å²) in [6.07, 6.45) is 5.55. The first kappa shape index (κ1) is 27.7. The van der Waals surface area contributed by atoms with Gasteiger partial charge in [-0.05, 0) is 95.1 Å². The molecule has 1 saturated heterocycles. The first-order chi connectivity index (χ1) is 17.7. The van der Waals surface area contributed by atoms with Crippen molar-refractivity contribution >= 4 is 10.0 Å². The molecule has 7 nitrogen and oxygen atoms in total. The van der Waals surface area contributed by atoms with E-state index in [2.05, 4.69) is 9.62 Å². The Labute approximate surface area is 220 Å². The molecule has 2 fully saturated rings. The molecule has 0 unspecified atom stereocenters. The summed E-state index contributed by atoms with van der Waals surface area (Å²) in [4.78, 5) is 2.72. The number of rotatable bonds is 9. The summed E-state index contributed by atoms with van der Waals surface area (Å²) in [7, 11) is -0.641. The van der Waals surface area contributed by atoms with E-state index in [1.807, 2.05) is 19.9 Å². The predicted molar refractivity (Wildman–Crippen MR) is 142 cm³/mol. The van der Waals surface area contributed by atoms with Gasteiger partial charge in [0.25, 0.3) is 0 Å². The van der Waals surface area contributed by atoms with Gasteiger partial charge in [0.05, 0.1) is 25.2 Å². The molecule has 0 amide bonds. The molecule has 0 aromatic heterocycles. The maximum atomic E-state index is 13.8. The van der Waals surface area contributed by atoms with Gasteiger partial charge < -0.3 is 19.1 Å². The molecule has 1 heterocycles. The first-order valence-corrected chi connectivity index (χ1v) is 14.6. The molecule has 0 spiro atoms. The SMILES string of the molecule is COc1ccc(S(=O)(=O)N[C@H]2CC[C@@H](N3CCC(c4ccc(F)cc4OC(C)C)CC3)CC2)cc1OC. The monoisotopic (exact) mass is 534 g/mol. The third-order valence-corrected chi connectivity index (χ3v) is 9.03. The van der Waals surface area contributed by atoms with Crippen LogP contribution in [0, 0.1) is 5.82 Å². The van der Waals surface area contributed by atoms with Crippen LogP contribution in [-0.4, -0.2) is 58.8 Å². The van der Waals surface area contributed by atoms with Crippen molar-refractivity contribution < 1.29 is 27.0 Å². The van der Waals surface area contributed by atoms with Gasteiger partial charge in [0.15, 0.2) is 11.5 Å². The van der Waals surface area contributed by atoms with E-state index in [9.17, 15) is 12.8 Å². The largest absolute Gasteiger partial charge is 0.493 e. The van der Waals surface area contributed by atoms with Crippen LogP contribution in [0.4, 0.5) is 4.39 Å². The summed E-state index contributed by atoms with van der Waals surface area (Å²) in [6, 6.07) is 9.93. The summed E-state index contributed by atoms with van der Waals surface area (Å²) in [5, 5.41) is 0. The van der Waals surface area contributed by atoms with Gasteiger partial charge in [-0.25, -0.2) is 17.5 Å². The molecule has 37 heavy (non-hydrogen) atoms. The quantitative estimate of drug-likeness (QED) is 0.483. The summed E-state index contributed by atoms with van der Waals surface area (Å²) in [5.74, 6) is 1.64.